The van der Waals surface area contributed by atoms with Crippen molar-refractivity contribution in [3.05, 3.63) is 34.9 Å². The second kappa shape index (κ2) is 6.51. The van der Waals surface area contributed by atoms with Gasteiger partial charge in [-0.3, -0.25) is 9.69 Å². The zero-order valence-electron chi connectivity index (χ0n) is 14.8. The van der Waals surface area contributed by atoms with E-state index in [1.54, 1.807) is 0 Å². The zero-order chi connectivity index (χ0) is 16.5. The van der Waals surface area contributed by atoms with Crippen LogP contribution >= 0.6 is 0 Å². The summed E-state index contributed by atoms with van der Waals surface area (Å²) in [5.41, 5.74) is 3.20. The van der Waals surface area contributed by atoms with Gasteiger partial charge in [-0.15, -0.1) is 0 Å². The van der Waals surface area contributed by atoms with Crippen LogP contribution in [0.1, 0.15) is 56.1 Å². The molecule has 22 heavy (non-hydrogen) atoms. The van der Waals surface area contributed by atoms with Gasteiger partial charge < -0.3 is 4.74 Å². The lowest BCUT2D eigenvalue weighted by Crippen LogP contribution is -2.47. The quantitative estimate of drug-likeness (QED) is 0.799. The number of carbonyl (C=O) groups excluding carboxylic acids is 1. The number of morpholine rings is 1. The van der Waals surface area contributed by atoms with Crippen molar-refractivity contribution < 1.29 is 9.53 Å². The lowest BCUT2D eigenvalue weighted by atomic mass is 9.84. The van der Waals surface area contributed by atoms with Gasteiger partial charge in [0, 0.05) is 18.7 Å². The van der Waals surface area contributed by atoms with Gasteiger partial charge in [-0.1, -0.05) is 32.9 Å². The van der Waals surface area contributed by atoms with E-state index in [0.717, 1.165) is 24.2 Å². The molecule has 1 heterocycles. The summed E-state index contributed by atoms with van der Waals surface area (Å²) < 4.78 is 5.74. The van der Waals surface area contributed by atoms with E-state index in [1.807, 2.05) is 6.92 Å². The number of ether oxygens (including phenoxy) is 1. The van der Waals surface area contributed by atoms with Crippen LogP contribution < -0.4 is 0 Å². The molecule has 0 aliphatic carbocycles. The number of Topliss-reactive ketones (excluding diaryl/α,β-unsaturated/α-hetero) is 1. The molecule has 0 aromatic heterocycles. The number of benzene rings is 1. The third-order valence-corrected chi connectivity index (χ3v) is 4.27. The van der Waals surface area contributed by atoms with Crippen molar-refractivity contribution in [2.45, 2.75) is 59.2 Å². The summed E-state index contributed by atoms with van der Waals surface area (Å²) >= 11 is 0. The van der Waals surface area contributed by atoms with Crippen molar-refractivity contribution >= 4 is 5.78 Å². The first-order valence-corrected chi connectivity index (χ1v) is 8.19. The molecule has 2 atom stereocenters. The van der Waals surface area contributed by atoms with Gasteiger partial charge in [-0.25, -0.2) is 0 Å². The molecule has 3 nitrogen and oxygen atoms in total. The molecule has 1 aliphatic rings. The molecular formula is C19H29NO2. The maximum absolute atomic E-state index is 12.7. The SMILES string of the molecule is Cc1ccc(C(C)(C)C)cc1C(=O)CN1CC(C)OC(C)C1. The first-order chi connectivity index (χ1) is 10.2. The van der Waals surface area contributed by atoms with E-state index in [1.165, 1.54) is 5.56 Å². The van der Waals surface area contributed by atoms with Crippen LogP contribution in [0, 0.1) is 6.92 Å². The van der Waals surface area contributed by atoms with Crippen LogP contribution in [-0.4, -0.2) is 42.5 Å². The Hall–Kier alpha value is -1.19. The first-order valence-electron chi connectivity index (χ1n) is 8.19. The molecule has 0 amide bonds. The van der Waals surface area contributed by atoms with E-state index in [-0.39, 0.29) is 23.4 Å². The monoisotopic (exact) mass is 303 g/mol. The number of hydrogen-bond acceptors (Lipinski definition) is 3. The van der Waals surface area contributed by atoms with Gasteiger partial charge in [0.25, 0.3) is 0 Å². The average Bonchev–Trinajstić information content (AvgIpc) is 2.36. The Bertz CT molecular complexity index is 535. The molecule has 3 heteroatoms. The lowest BCUT2D eigenvalue weighted by Gasteiger charge is -2.34. The van der Waals surface area contributed by atoms with Gasteiger partial charge in [-0.05, 0) is 43.4 Å². The second-order valence-corrected chi connectivity index (χ2v) is 7.65. The van der Waals surface area contributed by atoms with E-state index in [4.69, 9.17) is 4.74 Å². The summed E-state index contributed by atoms with van der Waals surface area (Å²) in [5.74, 6) is 0.213. The maximum Gasteiger partial charge on any atom is 0.177 e. The average molecular weight is 303 g/mol. The number of aryl methyl sites for hydroxylation is 1. The standard InChI is InChI=1S/C19H29NO2/c1-13-7-8-16(19(4,5)6)9-17(13)18(21)12-20-10-14(2)22-15(3)11-20/h7-9,14-15H,10-12H2,1-6H3. The van der Waals surface area contributed by atoms with E-state index >= 15 is 0 Å². The predicted molar refractivity (Wildman–Crippen MR) is 90.7 cm³/mol. The molecule has 0 spiro atoms. The van der Waals surface area contributed by atoms with Gasteiger partial charge in [0.1, 0.15) is 0 Å². The van der Waals surface area contributed by atoms with E-state index in [0.29, 0.717) is 6.54 Å². The Labute approximate surface area is 134 Å². The van der Waals surface area contributed by atoms with Gasteiger partial charge in [0.2, 0.25) is 0 Å². The molecule has 0 radical (unpaired) electrons. The highest BCUT2D eigenvalue weighted by Crippen LogP contribution is 2.25. The van der Waals surface area contributed by atoms with Crippen molar-refractivity contribution in [2.75, 3.05) is 19.6 Å². The summed E-state index contributed by atoms with van der Waals surface area (Å²) in [6.07, 6.45) is 0.386. The first kappa shape index (κ1) is 17.2. The molecule has 1 aromatic carbocycles. The Morgan fingerprint density at radius 1 is 1.23 bits per heavy atom. The number of rotatable bonds is 3. The fourth-order valence-corrected chi connectivity index (χ4v) is 3.09. The maximum atomic E-state index is 12.7. The van der Waals surface area contributed by atoms with Crippen LogP contribution in [0.3, 0.4) is 0 Å². The minimum absolute atomic E-state index is 0.0602. The Balaban J connectivity index is 2.15. The van der Waals surface area contributed by atoms with Crippen LogP contribution in [-0.2, 0) is 10.2 Å². The molecule has 1 fully saturated rings. The number of hydrogen-bond donors (Lipinski definition) is 0. The third kappa shape index (κ3) is 4.17. The van der Waals surface area contributed by atoms with Crippen molar-refractivity contribution in [3.8, 4) is 0 Å². The Morgan fingerprint density at radius 2 is 1.82 bits per heavy atom. The molecule has 0 bridgehead atoms. The smallest absolute Gasteiger partial charge is 0.177 e. The number of carbonyl (C=O) groups is 1. The summed E-state index contributed by atoms with van der Waals surface area (Å²) in [6.45, 7) is 14.8. The van der Waals surface area contributed by atoms with Crippen LogP contribution in [0.4, 0.5) is 0 Å². The zero-order valence-corrected chi connectivity index (χ0v) is 14.8. The van der Waals surface area contributed by atoms with Gasteiger partial charge in [0.05, 0.1) is 18.8 Å². The molecule has 1 aliphatic heterocycles. The molecule has 0 saturated carbocycles. The van der Waals surface area contributed by atoms with Crippen molar-refractivity contribution in [3.63, 3.8) is 0 Å². The van der Waals surface area contributed by atoms with Gasteiger partial charge >= 0.3 is 0 Å². The van der Waals surface area contributed by atoms with E-state index < -0.39 is 0 Å². The predicted octanol–water partition coefficient (Wildman–Crippen LogP) is 3.58. The largest absolute Gasteiger partial charge is 0.373 e. The van der Waals surface area contributed by atoms with Crippen molar-refractivity contribution in [1.29, 1.82) is 0 Å². The van der Waals surface area contributed by atoms with Crippen LogP contribution in [0.5, 0.6) is 0 Å². The fourth-order valence-electron chi connectivity index (χ4n) is 3.09. The Kier molecular flexibility index (Phi) is 5.08. The van der Waals surface area contributed by atoms with Crippen molar-refractivity contribution in [2.24, 2.45) is 0 Å². The van der Waals surface area contributed by atoms with Crippen LogP contribution in [0.15, 0.2) is 18.2 Å². The van der Waals surface area contributed by atoms with Crippen molar-refractivity contribution in [1.82, 2.24) is 4.90 Å². The highest BCUT2D eigenvalue weighted by molar-refractivity contribution is 5.99. The summed E-state index contributed by atoms with van der Waals surface area (Å²) in [4.78, 5) is 15.0. The second-order valence-electron chi connectivity index (χ2n) is 7.65. The minimum Gasteiger partial charge on any atom is -0.373 e. The molecule has 1 aromatic rings. The number of nitrogens with zero attached hydrogens (tertiary/aromatic N) is 1. The van der Waals surface area contributed by atoms with Gasteiger partial charge in [-0.2, -0.15) is 0 Å². The fraction of sp³-hybridized carbons (Fsp3) is 0.632. The molecule has 0 N–H and O–H groups in total. The summed E-state index contributed by atoms with van der Waals surface area (Å²) in [7, 11) is 0. The van der Waals surface area contributed by atoms with Gasteiger partial charge in [0.15, 0.2) is 5.78 Å². The molecule has 2 unspecified atom stereocenters. The molecule has 1 saturated heterocycles. The highest BCUT2D eigenvalue weighted by Gasteiger charge is 2.25. The molecular weight excluding hydrogens is 274 g/mol. The molecule has 2 rings (SSSR count). The summed E-state index contributed by atoms with van der Waals surface area (Å²) in [6, 6.07) is 6.27. The topological polar surface area (TPSA) is 29.5 Å². The normalized spacial score (nSPS) is 23.5. The highest BCUT2D eigenvalue weighted by atomic mass is 16.5. The lowest BCUT2D eigenvalue weighted by molar-refractivity contribution is -0.0652. The van der Waals surface area contributed by atoms with E-state index in [2.05, 4.69) is 57.7 Å². The van der Waals surface area contributed by atoms with E-state index in [9.17, 15) is 4.79 Å². The minimum atomic E-state index is 0.0602. The number of ketones is 1. The summed E-state index contributed by atoms with van der Waals surface area (Å²) in [5, 5.41) is 0. The van der Waals surface area contributed by atoms with Crippen LogP contribution in [0.25, 0.3) is 0 Å². The Morgan fingerprint density at radius 3 is 2.36 bits per heavy atom. The molecule has 122 valence electrons. The third-order valence-electron chi connectivity index (χ3n) is 4.27. The van der Waals surface area contributed by atoms with Crippen LogP contribution in [0.2, 0.25) is 0 Å².